The fourth-order valence-electron chi connectivity index (χ4n) is 9.55. The van der Waals surface area contributed by atoms with Crippen molar-refractivity contribution < 1.29 is 24.5 Å². The van der Waals surface area contributed by atoms with Gasteiger partial charge in [0.05, 0.1) is 25.2 Å². The van der Waals surface area contributed by atoms with E-state index in [-0.39, 0.29) is 24.9 Å². The summed E-state index contributed by atoms with van der Waals surface area (Å²) in [5.41, 5.74) is 0. The summed E-state index contributed by atoms with van der Waals surface area (Å²) in [6, 6.07) is -0.699. The molecule has 0 bridgehead atoms. The largest absolute Gasteiger partial charge is 0.462 e. The summed E-state index contributed by atoms with van der Waals surface area (Å²) in [7, 11) is 0. The fraction of sp³-hybridized carbons (Fsp3) is 0.933. The van der Waals surface area contributed by atoms with Gasteiger partial charge in [0.2, 0.25) is 5.91 Å². The van der Waals surface area contributed by atoms with Crippen molar-refractivity contribution in [3.63, 3.8) is 0 Å². The normalized spacial score (nSPS) is 13.1. The van der Waals surface area contributed by atoms with E-state index in [1.54, 1.807) is 0 Å². The summed E-state index contributed by atoms with van der Waals surface area (Å²) >= 11 is 0. The summed E-state index contributed by atoms with van der Waals surface area (Å²) in [5, 5.41) is 23.9. The molecule has 6 heteroatoms. The number of aliphatic hydroxyl groups excluding tert-OH is 2. The molecule has 0 spiro atoms. The van der Waals surface area contributed by atoms with Crippen LogP contribution in [0.4, 0.5) is 0 Å². The number of amides is 1. The van der Waals surface area contributed by atoms with E-state index in [0.29, 0.717) is 19.3 Å². The van der Waals surface area contributed by atoms with Crippen LogP contribution in [0.15, 0.2) is 12.2 Å². The van der Waals surface area contributed by atoms with Crippen LogP contribution in [0.3, 0.4) is 0 Å². The van der Waals surface area contributed by atoms with Gasteiger partial charge in [-0.3, -0.25) is 9.59 Å². The van der Waals surface area contributed by atoms with Gasteiger partial charge in [0.1, 0.15) is 6.10 Å². The van der Waals surface area contributed by atoms with E-state index in [4.69, 9.17) is 4.74 Å². The van der Waals surface area contributed by atoms with Crippen molar-refractivity contribution in [3.05, 3.63) is 12.2 Å². The Morgan fingerprint density at radius 1 is 0.424 bits per heavy atom. The molecule has 0 aliphatic rings. The van der Waals surface area contributed by atoms with E-state index >= 15 is 0 Å². The molecule has 0 saturated heterocycles. The van der Waals surface area contributed by atoms with Crippen molar-refractivity contribution in [2.45, 2.75) is 354 Å². The van der Waals surface area contributed by atoms with Gasteiger partial charge < -0.3 is 20.3 Å². The van der Waals surface area contributed by atoms with Crippen molar-refractivity contribution in [3.8, 4) is 0 Å². The third-order valence-corrected chi connectivity index (χ3v) is 14.1. The average Bonchev–Trinajstić information content (AvgIpc) is 3.31. The lowest BCUT2D eigenvalue weighted by Gasteiger charge is -2.24. The highest BCUT2D eigenvalue weighted by Gasteiger charge is 2.24. The molecule has 0 rings (SSSR count). The molecule has 0 radical (unpaired) electrons. The van der Waals surface area contributed by atoms with Crippen molar-refractivity contribution in [1.29, 1.82) is 0 Å². The Morgan fingerprint density at radius 3 is 1.09 bits per heavy atom. The SMILES string of the molecule is CCCCCC/C=C\CCCCCCCC(CC(=O)NC(CO)C(O)CCCCCCCCCCCCCCCCC)OC(=O)CCCCCCCCCCCCCCCCCCCCC. The summed E-state index contributed by atoms with van der Waals surface area (Å²) in [4.78, 5) is 26.3. The van der Waals surface area contributed by atoms with E-state index < -0.39 is 18.2 Å². The molecule has 1 amide bonds. The van der Waals surface area contributed by atoms with Crippen LogP contribution in [0.5, 0.6) is 0 Å². The predicted molar refractivity (Wildman–Crippen MR) is 287 cm³/mol. The van der Waals surface area contributed by atoms with Gasteiger partial charge in [0.25, 0.3) is 0 Å². The lowest BCUT2D eigenvalue weighted by Crippen LogP contribution is -2.46. The molecule has 3 unspecified atom stereocenters. The van der Waals surface area contributed by atoms with Crippen LogP contribution in [0.25, 0.3) is 0 Å². The number of unbranched alkanes of at least 4 members (excludes halogenated alkanes) is 41. The number of nitrogens with one attached hydrogen (secondary N) is 1. The first-order valence-corrected chi connectivity index (χ1v) is 29.9. The molecule has 0 saturated carbocycles. The third kappa shape index (κ3) is 49.0. The zero-order valence-corrected chi connectivity index (χ0v) is 44.9. The van der Waals surface area contributed by atoms with E-state index in [2.05, 4.69) is 38.2 Å². The zero-order valence-electron chi connectivity index (χ0n) is 44.9. The Morgan fingerprint density at radius 2 is 0.727 bits per heavy atom. The quantitative estimate of drug-likeness (QED) is 0.0321. The topological polar surface area (TPSA) is 95.9 Å². The summed E-state index contributed by atoms with van der Waals surface area (Å²) in [6.07, 6.45) is 62.8. The van der Waals surface area contributed by atoms with Crippen LogP contribution in [0.2, 0.25) is 0 Å². The number of hydrogen-bond donors (Lipinski definition) is 3. The molecule has 3 atom stereocenters. The average molecular weight is 933 g/mol. The smallest absolute Gasteiger partial charge is 0.306 e. The van der Waals surface area contributed by atoms with Crippen LogP contribution in [0.1, 0.15) is 335 Å². The Kier molecular flexibility index (Phi) is 53.4. The Balaban J connectivity index is 4.45. The molecule has 3 N–H and O–H groups in total. The number of carbonyl (C=O) groups is 2. The van der Waals surface area contributed by atoms with Crippen LogP contribution in [-0.2, 0) is 14.3 Å². The van der Waals surface area contributed by atoms with E-state index in [9.17, 15) is 19.8 Å². The highest BCUT2D eigenvalue weighted by atomic mass is 16.5. The Bertz CT molecular complexity index is 1000. The lowest BCUT2D eigenvalue weighted by atomic mass is 10.0. The molecule has 6 nitrogen and oxygen atoms in total. The van der Waals surface area contributed by atoms with Gasteiger partial charge >= 0.3 is 5.97 Å². The molecule has 66 heavy (non-hydrogen) atoms. The van der Waals surface area contributed by atoms with E-state index in [1.165, 1.54) is 231 Å². The molecule has 392 valence electrons. The minimum absolute atomic E-state index is 0.0795. The maximum Gasteiger partial charge on any atom is 0.306 e. The fourth-order valence-corrected chi connectivity index (χ4v) is 9.55. The minimum atomic E-state index is -0.785. The maximum absolute atomic E-state index is 13.3. The maximum atomic E-state index is 13.3. The van der Waals surface area contributed by atoms with Crippen molar-refractivity contribution in [2.75, 3.05) is 6.61 Å². The molecule has 0 aromatic carbocycles. The predicted octanol–water partition coefficient (Wildman–Crippen LogP) is 18.5. The van der Waals surface area contributed by atoms with Gasteiger partial charge in [0.15, 0.2) is 0 Å². The van der Waals surface area contributed by atoms with Gasteiger partial charge in [0, 0.05) is 6.42 Å². The molecule has 0 aliphatic heterocycles. The number of esters is 1. The molecular formula is C60H117NO5. The molecule has 0 aliphatic carbocycles. The number of hydrogen-bond acceptors (Lipinski definition) is 5. The highest BCUT2D eigenvalue weighted by Crippen LogP contribution is 2.19. The molecule has 0 heterocycles. The van der Waals surface area contributed by atoms with Gasteiger partial charge in [-0.25, -0.2) is 0 Å². The van der Waals surface area contributed by atoms with Gasteiger partial charge in [-0.2, -0.15) is 0 Å². The number of aliphatic hydroxyl groups is 2. The van der Waals surface area contributed by atoms with Crippen LogP contribution in [0, 0.1) is 0 Å². The van der Waals surface area contributed by atoms with Gasteiger partial charge in [-0.1, -0.05) is 283 Å². The summed E-state index contributed by atoms with van der Waals surface area (Å²) < 4.78 is 5.97. The monoisotopic (exact) mass is 932 g/mol. The second-order valence-electron chi connectivity index (χ2n) is 20.8. The molecule has 0 aromatic heterocycles. The molecular weight excluding hydrogens is 815 g/mol. The number of rotatable bonds is 55. The van der Waals surface area contributed by atoms with Crippen molar-refractivity contribution in [1.82, 2.24) is 5.32 Å². The standard InChI is InChI=1S/C60H117NO5/c1-4-7-10-13-16-19-22-25-27-28-29-30-32-35-38-41-44-47-50-53-60(65)66-56(51-48-45-42-39-36-33-24-21-18-15-12-9-6-3)54-59(64)61-57(55-62)58(63)52-49-46-43-40-37-34-31-26-23-20-17-14-11-8-5-2/h21,24,56-58,62-63H,4-20,22-23,25-55H2,1-3H3,(H,61,64)/b24-21-. The third-order valence-electron chi connectivity index (χ3n) is 14.1. The second kappa shape index (κ2) is 54.5. The second-order valence-corrected chi connectivity index (χ2v) is 20.8. The first-order chi connectivity index (χ1) is 32.5. The molecule has 0 fully saturated rings. The zero-order chi connectivity index (χ0) is 48.1. The first-order valence-electron chi connectivity index (χ1n) is 29.9. The van der Waals surface area contributed by atoms with Crippen molar-refractivity contribution in [2.24, 2.45) is 0 Å². The Labute approximate surface area is 412 Å². The number of carbonyl (C=O) groups excluding carboxylic acids is 2. The molecule has 0 aromatic rings. The Hall–Kier alpha value is -1.40. The number of ether oxygens (including phenoxy) is 1. The van der Waals surface area contributed by atoms with Crippen LogP contribution >= 0.6 is 0 Å². The van der Waals surface area contributed by atoms with Crippen LogP contribution in [-0.4, -0.2) is 46.9 Å². The lowest BCUT2D eigenvalue weighted by molar-refractivity contribution is -0.151. The van der Waals surface area contributed by atoms with E-state index in [0.717, 1.165) is 57.8 Å². The number of allylic oxidation sites excluding steroid dienone is 2. The van der Waals surface area contributed by atoms with Gasteiger partial charge in [-0.05, 0) is 51.4 Å². The highest BCUT2D eigenvalue weighted by molar-refractivity contribution is 5.77. The van der Waals surface area contributed by atoms with Gasteiger partial charge in [-0.15, -0.1) is 0 Å². The summed E-state index contributed by atoms with van der Waals surface area (Å²) in [6.45, 7) is 6.52. The van der Waals surface area contributed by atoms with Crippen molar-refractivity contribution >= 4 is 11.9 Å². The van der Waals surface area contributed by atoms with E-state index in [1.807, 2.05) is 0 Å². The minimum Gasteiger partial charge on any atom is -0.462 e. The first kappa shape index (κ1) is 64.6. The van der Waals surface area contributed by atoms with Crippen LogP contribution < -0.4 is 5.32 Å². The summed E-state index contributed by atoms with van der Waals surface area (Å²) in [5.74, 6) is -0.458.